The van der Waals surface area contributed by atoms with Crippen molar-refractivity contribution in [3.63, 3.8) is 0 Å². The van der Waals surface area contributed by atoms with Gasteiger partial charge in [-0.2, -0.15) is 0 Å². The van der Waals surface area contributed by atoms with Crippen molar-refractivity contribution < 1.29 is 9.53 Å². The minimum Gasteiger partial charge on any atom is -0.459 e. The molecule has 0 amide bonds. The largest absolute Gasteiger partial charge is 0.459 e. The third-order valence-corrected chi connectivity index (χ3v) is 12.0. The van der Waals surface area contributed by atoms with Gasteiger partial charge in [0.1, 0.15) is 6.10 Å². The van der Waals surface area contributed by atoms with E-state index in [1.165, 1.54) is 51.4 Å². The number of benzene rings is 1. The van der Waals surface area contributed by atoms with Gasteiger partial charge in [-0.25, -0.2) is 4.79 Å². The molecule has 0 N–H and O–H groups in total. The molecule has 0 aromatic heterocycles. The zero-order valence-corrected chi connectivity index (χ0v) is 25.9. The number of allylic oxidation sites excluding steroid dienone is 3. The SMILES string of the molecule is CC(C)CCC[C@@H](C)[C@H]1CC[C@H]2[C@@H]3CC=C4C[C@@H](OC(=O)/C=C/C=C/c5ccccc5)CC[C@]4(C)[C@H]3CC[C@]12C. The van der Waals surface area contributed by atoms with Crippen molar-refractivity contribution in [3.8, 4) is 0 Å². The first kappa shape index (κ1) is 29.4. The van der Waals surface area contributed by atoms with Gasteiger partial charge in [0.2, 0.25) is 0 Å². The van der Waals surface area contributed by atoms with Crippen LogP contribution in [0.2, 0.25) is 0 Å². The fourth-order valence-corrected chi connectivity index (χ4v) is 9.82. The highest BCUT2D eigenvalue weighted by molar-refractivity contribution is 5.82. The smallest absolute Gasteiger partial charge is 0.331 e. The molecule has 0 unspecified atom stereocenters. The summed E-state index contributed by atoms with van der Waals surface area (Å²) in [6, 6.07) is 10.1. The maximum Gasteiger partial charge on any atom is 0.331 e. The number of hydrogen-bond donors (Lipinski definition) is 0. The Kier molecular flexibility index (Phi) is 9.13. The minimum atomic E-state index is -0.214. The Balaban J connectivity index is 1.18. The molecule has 4 aliphatic rings. The Morgan fingerprint density at radius 2 is 1.77 bits per heavy atom. The van der Waals surface area contributed by atoms with E-state index in [4.69, 9.17) is 4.74 Å². The summed E-state index contributed by atoms with van der Waals surface area (Å²) in [4.78, 5) is 12.6. The second-order valence-electron chi connectivity index (χ2n) is 14.7. The first-order chi connectivity index (χ1) is 19.2. The van der Waals surface area contributed by atoms with Gasteiger partial charge in [-0.3, -0.25) is 0 Å². The van der Waals surface area contributed by atoms with Crippen LogP contribution in [0.25, 0.3) is 6.08 Å². The van der Waals surface area contributed by atoms with Crippen LogP contribution in [0, 0.1) is 46.3 Å². The van der Waals surface area contributed by atoms with E-state index in [0.717, 1.165) is 60.3 Å². The molecule has 40 heavy (non-hydrogen) atoms. The summed E-state index contributed by atoms with van der Waals surface area (Å²) in [5.74, 6) is 4.93. The van der Waals surface area contributed by atoms with E-state index in [1.807, 2.05) is 30.4 Å². The standard InChI is InChI=1S/C38H54O2/c1-27(2)12-11-13-28(3)33-20-21-34-32-19-18-30-26-31(22-24-37(30,4)35(32)23-25-38(33,34)5)40-36(39)17-10-9-16-29-14-7-6-8-15-29/h6-10,14-18,27-28,31-35H,11-13,19-26H2,1-5H3/b16-9+,17-10+/t28-,31+,32+,33-,34+,35+,37+,38-/m1/s1. The lowest BCUT2D eigenvalue weighted by Gasteiger charge is -2.58. The Labute approximate surface area is 244 Å². The van der Waals surface area contributed by atoms with Crippen LogP contribution in [-0.4, -0.2) is 12.1 Å². The molecular weight excluding hydrogens is 488 g/mol. The molecule has 1 aromatic carbocycles. The topological polar surface area (TPSA) is 26.3 Å². The molecule has 0 spiro atoms. The number of fused-ring (bicyclic) bond motifs is 5. The molecule has 0 saturated heterocycles. The average molecular weight is 543 g/mol. The molecule has 1 aromatic rings. The summed E-state index contributed by atoms with van der Waals surface area (Å²) >= 11 is 0. The van der Waals surface area contributed by atoms with Gasteiger partial charge in [0, 0.05) is 12.5 Å². The van der Waals surface area contributed by atoms with Gasteiger partial charge in [0.15, 0.2) is 0 Å². The van der Waals surface area contributed by atoms with Crippen molar-refractivity contribution in [2.24, 2.45) is 46.3 Å². The quantitative estimate of drug-likeness (QED) is 0.134. The normalized spacial score (nSPS) is 36.2. The molecule has 0 bridgehead atoms. The number of ether oxygens (including phenoxy) is 1. The Hall–Kier alpha value is -2.09. The molecule has 5 rings (SSSR count). The van der Waals surface area contributed by atoms with Crippen LogP contribution in [0.15, 0.2) is 60.2 Å². The summed E-state index contributed by atoms with van der Waals surface area (Å²) in [6.45, 7) is 12.5. The fraction of sp³-hybridized carbons (Fsp3) is 0.658. The van der Waals surface area contributed by atoms with E-state index in [0.29, 0.717) is 10.8 Å². The van der Waals surface area contributed by atoms with Crippen LogP contribution in [0.1, 0.15) is 111 Å². The Morgan fingerprint density at radius 3 is 2.55 bits per heavy atom. The van der Waals surface area contributed by atoms with E-state index in [-0.39, 0.29) is 12.1 Å². The number of esters is 1. The molecule has 8 atom stereocenters. The van der Waals surface area contributed by atoms with Crippen molar-refractivity contribution in [2.75, 3.05) is 0 Å². The summed E-state index contributed by atoms with van der Waals surface area (Å²) < 4.78 is 5.95. The van der Waals surface area contributed by atoms with Gasteiger partial charge in [0.05, 0.1) is 0 Å². The van der Waals surface area contributed by atoms with Gasteiger partial charge in [-0.15, -0.1) is 0 Å². The minimum absolute atomic E-state index is 0.0162. The van der Waals surface area contributed by atoms with E-state index >= 15 is 0 Å². The number of carbonyl (C=O) groups excluding carboxylic acids is 1. The van der Waals surface area contributed by atoms with Gasteiger partial charge >= 0.3 is 5.97 Å². The Morgan fingerprint density at radius 1 is 0.975 bits per heavy atom. The summed E-state index contributed by atoms with van der Waals surface area (Å²) in [5, 5.41) is 0. The molecule has 3 fully saturated rings. The van der Waals surface area contributed by atoms with Gasteiger partial charge < -0.3 is 4.74 Å². The van der Waals surface area contributed by atoms with Crippen molar-refractivity contribution in [3.05, 3.63) is 65.8 Å². The Bertz CT molecular complexity index is 1100. The highest BCUT2D eigenvalue weighted by Crippen LogP contribution is 2.67. The zero-order chi connectivity index (χ0) is 28.3. The zero-order valence-electron chi connectivity index (χ0n) is 25.9. The van der Waals surface area contributed by atoms with Crippen molar-refractivity contribution in [2.45, 2.75) is 111 Å². The molecule has 2 heteroatoms. The van der Waals surface area contributed by atoms with E-state index in [2.05, 4.69) is 52.8 Å². The lowest BCUT2D eigenvalue weighted by atomic mass is 9.47. The number of hydrogen-bond acceptors (Lipinski definition) is 2. The van der Waals surface area contributed by atoms with Crippen molar-refractivity contribution in [1.82, 2.24) is 0 Å². The molecule has 2 nitrogen and oxygen atoms in total. The number of carbonyl (C=O) groups is 1. The average Bonchev–Trinajstić information content (AvgIpc) is 3.29. The van der Waals surface area contributed by atoms with Crippen LogP contribution >= 0.6 is 0 Å². The van der Waals surface area contributed by atoms with Gasteiger partial charge in [-0.05, 0) is 96.8 Å². The maximum absolute atomic E-state index is 12.6. The summed E-state index contributed by atoms with van der Waals surface area (Å²) in [7, 11) is 0. The maximum atomic E-state index is 12.6. The second-order valence-corrected chi connectivity index (χ2v) is 14.7. The summed E-state index contributed by atoms with van der Waals surface area (Å²) in [6.07, 6.45) is 24.1. The van der Waals surface area contributed by atoms with Crippen LogP contribution < -0.4 is 0 Å². The first-order valence-electron chi connectivity index (χ1n) is 16.5. The van der Waals surface area contributed by atoms with Crippen LogP contribution in [0.5, 0.6) is 0 Å². The molecule has 0 heterocycles. The molecule has 4 aliphatic carbocycles. The lowest BCUT2D eigenvalue weighted by Crippen LogP contribution is -2.51. The lowest BCUT2D eigenvalue weighted by molar-refractivity contribution is -0.145. The van der Waals surface area contributed by atoms with E-state index < -0.39 is 0 Å². The highest BCUT2D eigenvalue weighted by atomic mass is 16.5. The fourth-order valence-electron chi connectivity index (χ4n) is 9.82. The second kappa shape index (κ2) is 12.4. The van der Waals surface area contributed by atoms with Crippen LogP contribution in [-0.2, 0) is 9.53 Å². The third-order valence-electron chi connectivity index (χ3n) is 12.0. The van der Waals surface area contributed by atoms with E-state index in [9.17, 15) is 4.79 Å². The highest BCUT2D eigenvalue weighted by Gasteiger charge is 2.59. The van der Waals surface area contributed by atoms with E-state index in [1.54, 1.807) is 17.7 Å². The monoisotopic (exact) mass is 542 g/mol. The first-order valence-corrected chi connectivity index (χ1v) is 16.5. The van der Waals surface area contributed by atoms with Crippen molar-refractivity contribution in [1.29, 1.82) is 0 Å². The molecule has 3 saturated carbocycles. The molecular formula is C38H54O2. The predicted octanol–water partition coefficient (Wildman–Crippen LogP) is 10.2. The molecule has 218 valence electrons. The molecule has 0 radical (unpaired) electrons. The summed E-state index contributed by atoms with van der Waals surface area (Å²) in [5.41, 5.74) is 3.55. The third kappa shape index (κ3) is 6.07. The van der Waals surface area contributed by atoms with Gasteiger partial charge in [-0.1, -0.05) is 114 Å². The van der Waals surface area contributed by atoms with Crippen LogP contribution in [0.4, 0.5) is 0 Å². The number of rotatable bonds is 9. The van der Waals surface area contributed by atoms with Gasteiger partial charge in [0.25, 0.3) is 0 Å². The predicted molar refractivity (Wildman–Crippen MR) is 168 cm³/mol. The van der Waals surface area contributed by atoms with Crippen molar-refractivity contribution >= 4 is 12.0 Å². The van der Waals surface area contributed by atoms with Crippen LogP contribution in [0.3, 0.4) is 0 Å². The molecule has 0 aliphatic heterocycles.